The molecule has 21 heavy (non-hydrogen) atoms. The lowest BCUT2D eigenvalue weighted by molar-refractivity contribution is -0.384. The van der Waals surface area contributed by atoms with Crippen molar-refractivity contribution < 1.29 is 4.92 Å². The second-order valence-electron chi connectivity index (χ2n) is 5.65. The van der Waals surface area contributed by atoms with Crippen LogP contribution >= 0.6 is 0 Å². The molecule has 0 saturated carbocycles. The van der Waals surface area contributed by atoms with Crippen molar-refractivity contribution in [2.45, 2.75) is 13.8 Å². The molecule has 0 aliphatic carbocycles. The number of hydrogen-bond donors (Lipinski definition) is 2. The van der Waals surface area contributed by atoms with Crippen LogP contribution in [0.4, 0.5) is 17.3 Å². The van der Waals surface area contributed by atoms with Gasteiger partial charge in [-0.2, -0.15) is 0 Å². The zero-order chi connectivity index (χ0) is 15.4. The van der Waals surface area contributed by atoms with Gasteiger partial charge in [0, 0.05) is 32.7 Å². The Kier molecular flexibility index (Phi) is 4.92. The maximum absolute atomic E-state index is 11.0. The molecule has 1 aliphatic rings. The molecule has 2 heterocycles. The summed E-state index contributed by atoms with van der Waals surface area (Å²) in [4.78, 5) is 19.3. The van der Waals surface area contributed by atoms with E-state index in [-0.39, 0.29) is 5.69 Å². The predicted octanol–water partition coefficient (Wildman–Crippen LogP) is 1.05. The van der Waals surface area contributed by atoms with Crippen LogP contribution in [-0.4, -0.2) is 47.5 Å². The van der Waals surface area contributed by atoms with E-state index in [4.69, 9.17) is 5.84 Å². The number of nitrogens with one attached hydrogen (secondary N) is 1. The molecule has 2 rings (SSSR count). The van der Waals surface area contributed by atoms with Gasteiger partial charge in [-0.1, -0.05) is 13.8 Å². The second kappa shape index (κ2) is 6.68. The molecule has 0 spiro atoms. The van der Waals surface area contributed by atoms with Gasteiger partial charge < -0.3 is 10.3 Å². The average molecular weight is 294 g/mol. The third kappa shape index (κ3) is 4.02. The molecule has 0 bridgehead atoms. The maximum Gasteiger partial charge on any atom is 0.276 e. The van der Waals surface area contributed by atoms with Crippen LogP contribution < -0.4 is 16.2 Å². The molecule has 0 radical (unpaired) electrons. The van der Waals surface area contributed by atoms with Crippen LogP contribution in [0.5, 0.6) is 0 Å². The van der Waals surface area contributed by atoms with Gasteiger partial charge in [-0.15, -0.1) is 0 Å². The van der Waals surface area contributed by atoms with Crippen molar-refractivity contribution >= 4 is 17.3 Å². The second-order valence-corrected chi connectivity index (χ2v) is 5.65. The summed E-state index contributed by atoms with van der Waals surface area (Å²) < 4.78 is 0. The molecule has 0 unspecified atom stereocenters. The van der Waals surface area contributed by atoms with Crippen LogP contribution in [0.3, 0.4) is 0 Å². The number of pyridine rings is 1. The van der Waals surface area contributed by atoms with Gasteiger partial charge in [-0.05, 0) is 5.92 Å². The Morgan fingerprint density at radius 3 is 2.57 bits per heavy atom. The lowest BCUT2D eigenvalue weighted by Gasteiger charge is -2.36. The molecule has 1 aromatic heterocycles. The highest BCUT2D eigenvalue weighted by molar-refractivity contribution is 5.55. The fourth-order valence-electron chi connectivity index (χ4n) is 2.52. The van der Waals surface area contributed by atoms with Crippen LogP contribution in [-0.2, 0) is 0 Å². The Labute approximate surface area is 124 Å². The lowest BCUT2D eigenvalue weighted by Crippen LogP contribution is -2.47. The van der Waals surface area contributed by atoms with Crippen molar-refractivity contribution in [1.82, 2.24) is 9.88 Å². The Balaban J connectivity index is 2.09. The van der Waals surface area contributed by atoms with E-state index in [1.807, 2.05) is 0 Å². The number of anilines is 2. The summed E-state index contributed by atoms with van der Waals surface area (Å²) in [7, 11) is 0. The fourth-order valence-corrected chi connectivity index (χ4v) is 2.52. The lowest BCUT2D eigenvalue weighted by atomic mass is 10.2. The SMILES string of the molecule is CC(C)CN1CCN(c2cc([N+](=O)[O-])cc(NN)n2)CC1. The molecule has 8 nitrogen and oxygen atoms in total. The number of nitrogens with two attached hydrogens (primary N) is 1. The summed E-state index contributed by atoms with van der Waals surface area (Å²) in [6, 6.07) is 2.83. The highest BCUT2D eigenvalue weighted by atomic mass is 16.6. The number of hydrazine groups is 1. The average Bonchev–Trinajstić information content (AvgIpc) is 2.46. The zero-order valence-electron chi connectivity index (χ0n) is 12.5. The molecular formula is C13H22N6O2. The summed E-state index contributed by atoms with van der Waals surface area (Å²) >= 11 is 0. The van der Waals surface area contributed by atoms with E-state index in [2.05, 4.69) is 34.1 Å². The first kappa shape index (κ1) is 15.5. The third-order valence-electron chi connectivity index (χ3n) is 3.47. The van der Waals surface area contributed by atoms with Crippen molar-refractivity contribution in [2.75, 3.05) is 43.0 Å². The van der Waals surface area contributed by atoms with Gasteiger partial charge in [-0.3, -0.25) is 15.0 Å². The number of aromatic nitrogens is 1. The molecule has 8 heteroatoms. The molecule has 1 aliphatic heterocycles. The smallest absolute Gasteiger partial charge is 0.276 e. The van der Waals surface area contributed by atoms with Gasteiger partial charge >= 0.3 is 0 Å². The molecule has 1 fully saturated rings. The Hall–Kier alpha value is -1.93. The van der Waals surface area contributed by atoms with E-state index in [1.54, 1.807) is 0 Å². The van der Waals surface area contributed by atoms with E-state index >= 15 is 0 Å². The molecule has 1 saturated heterocycles. The number of rotatable bonds is 5. The van der Waals surface area contributed by atoms with Crippen LogP contribution in [0, 0.1) is 16.0 Å². The zero-order valence-corrected chi connectivity index (χ0v) is 12.5. The van der Waals surface area contributed by atoms with Crippen molar-refractivity contribution in [2.24, 2.45) is 11.8 Å². The molecule has 1 aromatic rings. The highest BCUT2D eigenvalue weighted by Gasteiger charge is 2.21. The van der Waals surface area contributed by atoms with Crippen molar-refractivity contribution in [3.05, 3.63) is 22.2 Å². The van der Waals surface area contributed by atoms with Crippen LogP contribution in [0.15, 0.2) is 12.1 Å². The summed E-state index contributed by atoms with van der Waals surface area (Å²) in [5.41, 5.74) is 2.38. The monoisotopic (exact) mass is 294 g/mol. The number of nitro groups is 1. The summed E-state index contributed by atoms with van der Waals surface area (Å²) in [5.74, 6) is 6.88. The van der Waals surface area contributed by atoms with E-state index < -0.39 is 4.92 Å². The molecule has 0 amide bonds. The Bertz CT molecular complexity index is 499. The van der Waals surface area contributed by atoms with Crippen LogP contribution in [0.1, 0.15) is 13.8 Å². The predicted molar refractivity (Wildman–Crippen MR) is 82.2 cm³/mol. The molecule has 0 aromatic carbocycles. The van der Waals surface area contributed by atoms with Gasteiger partial charge in [0.1, 0.15) is 11.6 Å². The maximum atomic E-state index is 11.0. The number of nitrogen functional groups attached to an aromatic ring is 1. The van der Waals surface area contributed by atoms with Gasteiger partial charge in [-0.25, -0.2) is 10.8 Å². The van der Waals surface area contributed by atoms with E-state index in [9.17, 15) is 10.1 Å². The fraction of sp³-hybridized carbons (Fsp3) is 0.615. The third-order valence-corrected chi connectivity index (χ3v) is 3.47. The number of nitrogens with zero attached hydrogens (tertiary/aromatic N) is 4. The summed E-state index contributed by atoms with van der Waals surface area (Å²) in [6.45, 7) is 8.98. The van der Waals surface area contributed by atoms with Crippen molar-refractivity contribution in [1.29, 1.82) is 0 Å². The summed E-state index contributed by atoms with van der Waals surface area (Å²) in [6.07, 6.45) is 0. The number of piperazine rings is 1. The first-order valence-electron chi connectivity index (χ1n) is 7.10. The Morgan fingerprint density at radius 1 is 1.38 bits per heavy atom. The van der Waals surface area contributed by atoms with Crippen molar-refractivity contribution in [3.8, 4) is 0 Å². The number of hydrogen-bond acceptors (Lipinski definition) is 7. The first-order chi connectivity index (χ1) is 9.99. The Morgan fingerprint density at radius 2 is 2.05 bits per heavy atom. The van der Waals surface area contributed by atoms with Gasteiger partial charge in [0.25, 0.3) is 5.69 Å². The highest BCUT2D eigenvalue weighted by Crippen LogP contribution is 2.23. The van der Waals surface area contributed by atoms with Gasteiger partial charge in [0.2, 0.25) is 0 Å². The molecular weight excluding hydrogens is 272 g/mol. The normalized spacial score (nSPS) is 16.3. The quantitative estimate of drug-likeness (QED) is 0.475. The summed E-state index contributed by atoms with van der Waals surface area (Å²) in [5, 5.41) is 11.0. The molecule has 3 N–H and O–H groups in total. The largest absolute Gasteiger partial charge is 0.354 e. The molecule has 0 atom stereocenters. The minimum Gasteiger partial charge on any atom is -0.354 e. The van der Waals surface area contributed by atoms with Crippen LogP contribution in [0.25, 0.3) is 0 Å². The minimum absolute atomic E-state index is 0.00226. The van der Waals surface area contributed by atoms with Crippen molar-refractivity contribution in [3.63, 3.8) is 0 Å². The van der Waals surface area contributed by atoms with Gasteiger partial charge in [0.15, 0.2) is 0 Å². The van der Waals surface area contributed by atoms with E-state index in [0.29, 0.717) is 17.6 Å². The van der Waals surface area contributed by atoms with Gasteiger partial charge in [0.05, 0.1) is 17.1 Å². The standard InChI is InChI=1S/C13H22N6O2/c1-10(2)9-17-3-5-18(6-4-17)13-8-11(19(20)21)7-12(15-13)16-14/h7-8,10H,3-6,9,14H2,1-2H3,(H,15,16). The first-order valence-corrected chi connectivity index (χ1v) is 7.10. The van der Waals surface area contributed by atoms with E-state index in [1.165, 1.54) is 12.1 Å². The van der Waals surface area contributed by atoms with Crippen LogP contribution in [0.2, 0.25) is 0 Å². The molecule has 116 valence electrons. The van der Waals surface area contributed by atoms with E-state index in [0.717, 1.165) is 32.7 Å². The minimum atomic E-state index is -0.430. The topological polar surface area (TPSA) is 101 Å².